The van der Waals surface area contributed by atoms with E-state index >= 15 is 0 Å². The van der Waals surface area contributed by atoms with Crippen molar-refractivity contribution in [1.82, 2.24) is 10.2 Å². The number of rotatable bonds is 4. The van der Waals surface area contributed by atoms with Gasteiger partial charge in [-0.25, -0.2) is 0 Å². The Labute approximate surface area is 95.5 Å². The molecular weight excluding hydrogens is 206 g/mol. The Morgan fingerprint density at radius 2 is 2.06 bits per heavy atom. The van der Waals surface area contributed by atoms with Gasteiger partial charge in [0.1, 0.15) is 6.21 Å². The zero-order valence-corrected chi connectivity index (χ0v) is 9.43. The number of piperidine rings is 1. The molecule has 0 spiro atoms. The Balaban J connectivity index is 1.72. The zero-order chi connectivity index (χ0) is 11.4. The van der Waals surface area contributed by atoms with E-state index in [1.165, 1.54) is 32.1 Å². The molecule has 2 bridgehead atoms. The number of carbonyl (C=O) groups excluding carboxylic acids is 1. The number of nitrogens with one attached hydrogen (secondary N) is 1. The van der Waals surface area contributed by atoms with Crippen LogP contribution in [0.4, 0.5) is 0 Å². The molecule has 2 unspecified atom stereocenters. The highest BCUT2D eigenvalue weighted by atomic mass is 16.4. The average Bonchev–Trinajstić information content (AvgIpc) is 2.50. The van der Waals surface area contributed by atoms with Crippen LogP contribution >= 0.6 is 0 Å². The van der Waals surface area contributed by atoms with Gasteiger partial charge in [0.15, 0.2) is 0 Å². The number of fused-ring (bicyclic) bond motifs is 2. The largest absolute Gasteiger partial charge is 0.411 e. The van der Waals surface area contributed by atoms with E-state index in [1.54, 1.807) is 0 Å². The molecule has 5 heteroatoms. The predicted molar refractivity (Wildman–Crippen MR) is 60.7 cm³/mol. The molecule has 2 atom stereocenters. The first-order valence-electron chi connectivity index (χ1n) is 6.02. The first-order valence-corrected chi connectivity index (χ1v) is 6.02. The van der Waals surface area contributed by atoms with E-state index in [0.29, 0.717) is 6.54 Å². The lowest BCUT2D eigenvalue weighted by molar-refractivity contribution is -0.114. The Hall–Kier alpha value is -1.10. The van der Waals surface area contributed by atoms with E-state index in [2.05, 4.69) is 15.4 Å². The van der Waals surface area contributed by atoms with Crippen LogP contribution in [0, 0.1) is 0 Å². The van der Waals surface area contributed by atoms with Gasteiger partial charge in [-0.05, 0) is 25.7 Å². The lowest BCUT2D eigenvalue weighted by Gasteiger charge is -2.34. The van der Waals surface area contributed by atoms with Crippen molar-refractivity contribution in [3.8, 4) is 0 Å². The first-order chi connectivity index (χ1) is 7.81. The third kappa shape index (κ3) is 2.52. The summed E-state index contributed by atoms with van der Waals surface area (Å²) >= 11 is 0. The van der Waals surface area contributed by atoms with Crippen LogP contribution in [0.15, 0.2) is 5.16 Å². The van der Waals surface area contributed by atoms with Gasteiger partial charge in [0.25, 0.3) is 5.91 Å². The third-order valence-electron chi connectivity index (χ3n) is 3.69. The maximum atomic E-state index is 11.0. The predicted octanol–water partition coefficient (Wildman–Crippen LogP) is 0.579. The van der Waals surface area contributed by atoms with E-state index in [0.717, 1.165) is 24.8 Å². The minimum atomic E-state index is -0.327. The van der Waals surface area contributed by atoms with Crippen molar-refractivity contribution >= 4 is 12.1 Å². The van der Waals surface area contributed by atoms with Crippen molar-refractivity contribution in [3.63, 3.8) is 0 Å². The molecule has 2 heterocycles. The normalized spacial score (nSPS) is 29.8. The molecule has 2 saturated heterocycles. The van der Waals surface area contributed by atoms with E-state index in [4.69, 9.17) is 5.21 Å². The van der Waals surface area contributed by atoms with Crippen LogP contribution in [-0.4, -0.2) is 47.4 Å². The van der Waals surface area contributed by atoms with Crippen molar-refractivity contribution in [2.24, 2.45) is 5.16 Å². The molecule has 0 aliphatic carbocycles. The summed E-state index contributed by atoms with van der Waals surface area (Å²) in [6, 6.07) is 1.48. The Kier molecular flexibility index (Phi) is 3.77. The first kappa shape index (κ1) is 11.4. The minimum Gasteiger partial charge on any atom is -0.411 e. The van der Waals surface area contributed by atoms with Crippen LogP contribution in [0.5, 0.6) is 0 Å². The second-order valence-electron chi connectivity index (χ2n) is 4.59. The van der Waals surface area contributed by atoms with E-state index in [9.17, 15) is 4.79 Å². The van der Waals surface area contributed by atoms with Gasteiger partial charge in [-0.2, -0.15) is 0 Å². The lowest BCUT2D eigenvalue weighted by Crippen LogP contribution is -2.44. The van der Waals surface area contributed by atoms with Crippen LogP contribution in [-0.2, 0) is 4.79 Å². The molecule has 0 aromatic heterocycles. The van der Waals surface area contributed by atoms with E-state index in [1.807, 2.05) is 0 Å². The van der Waals surface area contributed by atoms with Crippen molar-refractivity contribution in [2.75, 3.05) is 13.1 Å². The second kappa shape index (κ2) is 5.30. The molecule has 2 N–H and O–H groups in total. The number of oxime groups is 1. The number of hydrogen-bond donors (Lipinski definition) is 2. The van der Waals surface area contributed by atoms with Gasteiger partial charge in [-0.15, -0.1) is 0 Å². The molecule has 2 rings (SSSR count). The third-order valence-corrected chi connectivity index (χ3v) is 3.69. The standard InChI is InChI=1S/C11H19N3O2/c15-11(8-13-16)12-6-7-14-9-2-1-3-10(14)5-4-9/h8-10,16H,1-7H2,(H,12,15)/b13-8-. The maximum absolute atomic E-state index is 11.0. The van der Waals surface area contributed by atoms with Crippen LogP contribution in [0.3, 0.4) is 0 Å². The number of amides is 1. The van der Waals surface area contributed by atoms with Gasteiger partial charge in [-0.3, -0.25) is 9.69 Å². The van der Waals surface area contributed by atoms with E-state index < -0.39 is 0 Å². The smallest absolute Gasteiger partial charge is 0.265 e. The molecule has 0 radical (unpaired) electrons. The van der Waals surface area contributed by atoms with Gasteiger partial charge in [0, 0.05) is 25.2 Å². The van der Waals surface area contributed by atoms with Crippen molar-refractivity contribution in [1.29, 1.82) is 0 Å². The molecule has 0 aromatic rings. The van der Waals surface area contributed by atoms with Crippen LogP contribution in [0.1, 0.15) is 32.1 Å². The molecule has 0 saturated carbocycles. The van der Waals surface area contributed by atoms with Crippen molar-refractivity contribution in [2.45, 2.75) is 44.2 Å². The van der Waals surface area contributed by atoms with Crippen LogP contribution in [0.2, 0.25) is 0 Å². The van der Waals surface area contributed by atoms with E-state index in [-0.39, 0.29) is 5.91 Å². The van der Waals surface area contributed by atoms with Crippen LogP contribution in [0.25, 0.3) is 0 Å². The molecule has 2 fully saturated rings. The lowest BCUT2D eigenvalue weighted by atomic mass is 10.0. The topological polar surface area (TPSA) is 64.9 Å². The molecule has 2 aliphatic rings. The number of hydrogen-bond acceptors (Lipinski definition) is 4. The fourth-order valence-electron chi connectivity index (χ4n) is 3.00. The molecule has 1 amide bonds. The molecule has 2 aliphatic heterocycles. The summed E-state index contributed by atoms with van der Waals surface area (Å²) < 4.78 is 0. The minimum absolute atomic E-state index is 0.327. The summed E-state index contributed by atoms with van der Waals surface area (Å²) in [4.78, 5) is 13.6. The number of nitrogens with zero attached hydrogens (tertiary/aromatic N) is 2. The Morgan fingerprint density at radius 1 is 1.38 bits per heavy atom. The van der Waals surface area contributed by atoms with Crippen LogP contribution < -0.4 is 5.32 Å². The average molecular weight is 225 g/mol. The quantitative estimate of drug-likeness (QED) is 0.418. The molecule has 90 valence electrons. The van der Waals surface area contributed by atoms with Gasteiger partial charge in [0.2, 0.25) is 0 Å². The highest BCUT2D eigenvalue weighted by Crippen LogP contribution is 2.34. The zero-order valence-electron chi connectivity index (χ0n) is 9.43. The summed E-state index contributed by atoms with van der Waals surface area (Å²) in [5.41, 5.74) is 0. The van der Waals surface area contributed by atoms with Gasteiger partial charge in [0.05, 0.1) is 0 Å². The molecule has 0 aromatic carbocycles. The Morgan fingerprint density at radius 3 is 2.69 bits per heavy atom. The molecule has 5 nitrogen and oxygen atoms in total. The fourth-order valence-corrected chi connectivity index (χ4v) is 3.00. The highest BCUT2D eigenvalue weighted by Gasteiger charge is 2.35. The van der Waals surface area contributed by atoms with Gasteiger partial charge in [-0.1, -0.05) is 11.6 Å². The van der Waals surface area contributed by atoms with Crippen molar-refractivity contribution < 1.29 is 10.0 Å². The maximum Gasteiger partial charge on any atom is 0.265 e. The highest BCUT2D eigenvalue weighted by molar-refractivity contribution is 6.25. The monoisotopic (exact) mass is 225 g/mol. The number of carbonyl (C=O) groups is 1. The summed E-state index contributed by atoms with van der Waals surface area (Å²) in [6.07, 6.45) is 7.50. The fraction of sp³-hybridized carbons (Fsp3) is 0.818. The van der Waals surface area contributed by atoms with Gasteiger partial charge >= 0.3 is 0 Å². The SMILES string of the molecule is O=C(/C=N\O)NCCN1C2CCCC1CC2. The summed E-state index contributed by atoms with van der Waals surface area (Å²) in [7, 11) is 0. The summed E-state index contributed by atoms with van der Waals surface area (Å²) in [5.74, 6) is -0.327. The Bertz CT molecular complexity index is 264. The molecular formula is C11H19N3O2. The summed E-state index contributed by atoms with van der Waals surface area (Å²) in [5, 5.41) is 13.6. The van der Waals surface area contributed by atoms with Crippen molar-refractivity contribution in [3.05, 3.63) is 0 Å². The second-order valence-corrected chi connectivity index (χ2v) is 4.59. The molecule has 16 heavy (non-hydrogen) atoms. The summed E-state index contributed by atoms with van der Waals surface area (Å²) in [6.45, 7) is 1.55. The van der Waals surface area contributed by atoms with Gasteiger partial charge < -0.3 is 10.5 Å².